The maximum Gasteiger partial charge on any atom is 0.191 e. The number of ether oxygens (including phenoxy) is 2. The van der Waals surface area contributed by atoms with Crippen LogP contribution in [0.1, 0.15) is 11.1 Å². The van der Waals surface area contributed by atoms with Gasteiger partial charge in [-0.1, -0.05) is 35.9 Å². The summed E-state index contributed by atoms with van der Waals surface area (Å²) >= 11 is 6.32. The van der Waals surface area contributed by atoms with Crippen molar-refractivity contribution in [2.45, 2.75) is 13.0 Å². The molecule has 1 heterocycles. The Balaban J connectivity index is 1.52. The van der Waals surface area contributed by atoms with Gasteiger partial charge >= 0.3 is 0 Å². The minimum Gasteiger partial charge on any atom is -0.497 e. The Labute approximate surface area is 177 Å². The van der Waals surface area contributed by atoms with E-state index in [1.807, 2.05) is 18.2 Å². The van der Waals surface area contributed by atoms with Gasteiger partial charge in [0.1, 0.15) is 5.75 Å². The van der Waals surface area contributed by atoms with E-state index in [0.29, 0.717) is 11.6 Å². The van der Waals surface area contributed by atoms with Crippen LogP contribution in [0.4, 0.5) is 5.69 Å². The molecule has 156 valence electrons. The van der Waals surface area contributed by atoms with Crippen molar-refractivity contribution in [1.82, 2.24) is 10.6 Å². The molecule has 0 saturated carbocycles. The van der Waals surface area contributed by atoms with Gasteiger partial charge in [0, 0.05) is 43.9 Å². The number of benzene rings is 2. The number of hydrogen-bond donors (Lipinski definition) is 2. The van der Waals surface area contributed by atoms with E-state index >= 15 is 0 Å². The van der Waals surface area contributed by atoms with Crippen molar-refractivity contribution in [2.75, 3.05) is 51.9 Å². The van der Waals surface area contributed by atoms with Gasteiger partial charge < -0.3 is 25.0 Å². The number of halogens is 1. The number of methoxy groups -OCH3 is 1. The number of aliphatic imine (C=N–C) groups is 1. The summed E-state index contributed by atoms with van der Waals surface area (Å²) in [5.41, 5.74) is 3.58. The number of nitrogens with zero attached hydrogens (tertiary/aromatic N) is 2. The van der Waals surface area contributed by atoms with E-state index in [0.717, 1.165) is 56.5 Å². The van der Waals surface area contributed by atoms with E-state index < -0.39 is 0 Å². The first-order chi connectivity index (χ1) is 14.2. The monoisotopic (exact) mass is 416 g/mol. The van der Waals surface area contributed by atoms with E-state index in [2.05, 4.69) is 44.8 Å². The fourth-order valence-electron chi connectivity index (χ4n) is 3.35. The molecular weight excluding hydrogens is 388 g/mol. The number of guanidine groups is 1. The number of hydrogen-bond acceptors (Lipinski definition) is 4. The second kappa shape index (κ2) is 10.9. The molecule has 3 rings (SSSR count). The Morgan fingerprint density at radius 2 is 1.93 bits per heavy atom. The highest BCUT2D eigenvalue weighted by Crippen LogP contribution is 2.23. The Kier molecular flexibility index (Phi) is 8.02. The lowest BCUT2D eigenvalue weighted by molar-refractivity contribution is 0.122. The summed E-state index contributed by atoms with van der Waals surface area (Å²) in [4.78, 5) is 6.71. The first-order valence-electron chi connectivity index (χ1n) is 9.89. The molecule has 0 unspecified atom stereocenters. The maximum absolute atomic E-state index is 6.32. The molecule has 1 aliphatic heterocycles. The average molecular weight is 417 g/mol. The fourth-order valence-corrected chi connectivity index (χ4v) is 3.61. The summed E-state index contributed by atoms with van der Waals surface area (Å²) in [5, 5.41) is 7.49. The molecule has 7 heteroatoms. The summed E-state index contributed by atoms with van der Waals surface area (Å²) in [5.74, 6) is 1.54. The molecular formula is C22H29ClN4O2. The van der Waals surface area contributed by atoms with Crippen molar-refractivity contribution < 1.29 is 9.47 Å². The molecule has 0 aliphatic carbocycles. The third kappa shape index (κ3) is 6.02. The lowest BCUT2D eigenvalue weighted by Crippen LogP contribution is -2.39. The van der Waals surface area contributed by atoms with E-state index in [-0.39, 0.29) is 0 Å². The number of para-hydroxylation sites is 1. The van der Waals surface area contributed by atoms with Crippen LogP contribution in [0, 0.1) is 0 Å². The predicted molar refractivity (Wildman–Crippen MR) is 119 cm³/mol. The zero-order valence-electron chi connectivity index (χ0n) is 17.1. The molecule has 0 atom stereocenters. The van der Waals surface area contributed by atoms with Crippen molar-refractivity contribution in [3.8, 4) is 5.75 Å². The second-order valence-corrected chi connectivity index (χ2v) is 7.20. The Bertz CT molecular complexity index is 822. The standard InChI is InChI=1S/C22H29ClN4O2/c1-24-22(25-10-9-17-7-8-19(28-2)15-20(17)23)26-16-18-5-3-4-6-21(18)27-11-13-29-14-12-27/h3-8,15H,9-14,16H2,1-2H3,(H2,24,25,26). The predicted octanol–water partition coefficient (Wildman–Crippen LogP) is 3.09. The molecule has 0 aromatic heterocycles. The number of anilines is 1. The maximum atomic E-state index is 6.32. The zero-order valence-corrected chi connectivity index (χ0v) is 17.8. The molecule has 1 saturated heterocycles. The lowest BCUT2D eigenvalue weighted by Gasteiger charge is -2.30. The molecule has 0 spiro atoms. The van der Waals surface area contributed by atoms with Crippen LogP contribution in [-0.2, 0) is 17.7 Å². The largest absolute Gasteiger partial charge is 0.497 e. The summed E-state index contributed by atoms with van der Waals surface area (Å²) < 4.78 is 10.7. The minimum atomic E-state index is 0.705. The molecule has 2 aromatic rings. The summed E-state index contributed by atoms with van der Waals surface area (Å²) in [6.45, 7) is 4.84. The molecule has 2 N–H and O–H groups in total. The lowest BCUT2D eigenvalue weighted by atomic mass is 10.1. The fraction of sp³-hybridized carbons (Fsp3) is 0.409. The van der Waals surface area contributed by atoms with Crippen molar-refractivity contribution in [2.24, 2.45) is 4.99 Å². The summed E-state index contributed by atoms with van der Waals surface area (Å²) in [6.07, 6.45) is 0.799. The van der Waals surface area contributed by atoms with Crippen molar-refractivity contribution in [1.29, 1.82) is 0 Å². The van der Waals surface area contributed by atoms with Gasteiger partial charge in [-0.05, 0) is 35.7 Å². The van der Waals surface area contributed by atoms with Gasteiger partial charge in [-0.25, -0.2) is 0 Å². The highest BCUT2D eigenvalue weighted by Gasteiger charge is 2.14. The van der Waals surface area contributed by atoms with Gasteiger partial charge in [0.2, 0.25) is 0 Å². The van der Waals surface area contributed by atoms with Crippen LogP contribution in [0.5, 0.6) is 5.75 Å². The quantitative estimate of drug-likeness (QED) is 0.536. The number of nitrogens with one attached hydrogen (secondary N) is 2. The van der Waals surface area contributed by atoms with Crippen LogP contribution in [-0.4, -0.2) is 53.0 Å². The topological polar surface area (TPSA) is 58.1 Å². The van der Waals surface area contributed by atoms with Crippen LogP contribution in [0.25, 0.3) is 0 Å². The Hall–Kier alpha value is -2.44. The van der Waals surface area contributed by atoms with Gasteiger partial charge in [0.15, 0.2) is 5.96 Å². The molecule has 1 aliphatic rings. The smallest absolute Gasteiger partial charge is 0.191 e. The third-order valence-corrected chi connectivity index (χ3v) is 5.31. The Morgan fingerprint density at radius 1 is 1.14 bits per heavy atom. The first-order valence-corrected chi connectivity index (χ1v) is 10.3. The van der Waals surface area contributed by atoms with Gasteiger partial charge in [-0.15, -0.1) is 0 Å². The zero-order chi connectivity index (χ0) is 20.5. The average Bonchev–Trinajstić information content (AvgIpc) is 2.77. The number of rotatable bonds is 7. The SMILES string of the molecule is CN=C(NCCc1ccc(OC)cc1Cl)NCc1ccccc1N1CCOCC1. The van der Waals surface area contributed by atoms with Gasteiger partial charge in [-0.3, -0.25) is 4.99 Å². The van der Waals surface area contributed by atoms with E-state index in [1.54, 1.807) is 14.2 Å². The molecule has 6 nitrogen and oxygen atoms in total. The summed E-state index contributed by atoms with van der Waals surface area (Å²) in [6, 6.07) is 14.2. The van der Waals surface area contributed by atoms with Crippen LogP contribution in [0.3, 0.4) is 0 Å². The van der Waals surface area contributed by atoms with Crippen molar-refractivity contribution in [3.63, 3.8) is 0 Å². The first kappa shape index (κ1) is 21.3. The van der Waals surface area contributed by atoms with E-state index in [1.165, 1.54) is 11.3 Å². The van der Waals surface area contributed by atoms with Gasteiger partial charge in [0.25, 0.3) is 0 Å². The molecule has 2 aromatic carbocycles. The normalized spacial score (nSPS) is 14.6. The molecule has 1 fully saturated rings. The van der Waals surface area contributed by atoms with Crippen molar-refractivity contribution in [3.05, 3.63) is 58.6 Å². The molecule has 0 bridgehead atoms. The number of morpholine rings is 1. The van der Waals surface area contributed by atoms with Crippen LogP contribution < -0.4 is 20.3 Å². The third-order valence-electron chi connectivity index (χ3n) is 4.96. The highest BCUT2D eigenvalue weighted by molar-refractivity contribution is 6.31. The van der Waals surface area contributed by atoms with Crippen molar-refractivity contribution >= 4 is 23.2 Å². The molecule has 0 amide bonds. The van der Waals surface area contributed by atoms with Gasteiger partial charge in [0.05, 0.1) is 20.3 Å². The molecule has 0 radical (unpaired) electrons. The van der Waals surface area contributed by atoms with Crippen LogP contribution >= 0.6 is 11.6 Å². The van der Waals surface area contributed by atoms with Crippen LogP contribution in [0.15, 0.2) is 47.5 Å². The molecule has 29 heavy (non-hydrogen) atoms. The van der Waals surface area contributed by atoms with Crippen LogP contribution in [0.2, 0.25) is 5.02 Å². The highest BCUT2D eigenvalue weighted by atomic mass is 35.5. The Morgan fingerprint density at radius 3 is 2.66 bits per heavy atom. The summed E-state index contributed by atoms with van der Waals surface area (Å²) in [7, 11) is 3.42. The minimum absolute atomic E-state index is 0.705. The van der Waals surface area contributed by atoms with E-state index in [9.17, 15) is 0 Å². The van der Waals surface area contributed by atoms with E-state index in [4.69, 9.17) is 21.1 Å². The second-order valence-electron chi connectivity index (χ2n) is 6.79. The van der Waals surface area contributed by atoms with Gasteiger partial charge in [-0.2, -0.15) is 0 Å².